The SMILES string of the molecule is CC(C)(C)c1cc(NC(=O)CC2CC3CCC2C3)no1. The van der Waals surface area contributed by atoms with Gasteiger partial charge in [-0.1, -0.05) is 32.3 Å². The summed E-state index contributed by atoms with van der Waals surface area (Å²) in [5.41, 5.74) is -0.0828. The number of anilines is 1. The number of hydrogen-bond acceptors (Lipinski definition) is 3. The number of fused-ring (bicyclic) bond motifs is 2. The molecule has 3 atom stereocenters. The first-order valence-electron chi connectivity index (χ1n) is 7.69. The van der Waals surface area contributed by atoms with E-state index in [1.807, 2.05) is 6.07 Å². The van der Waals surface area contributed by atoms with Crippen molar-refractivity contribution in [1.29, 1.82) is 0 Å². The molecule has 1 heterocycles. The molecule has 3 unspecified atom stereocenters. The normalized spacial score (nSPS) is 28.9. The minimum Gasteiger partial charge on any atom is -0.359 e. The van der Waals surface area contributed by atoms with E-state index in [2.05, 4.69) is 31.2 Å². The summed E-state index contributed by atoms with van der Waals surface area (Å²) in [6.45, 7) is 6.19. The summed E-state index contributed by atoms with van der Waals surface area (Å²) in [5.74, 6) is 3.68. The van der Waals surface area contributed by atoms with Gasteiger partial charge in [0.15, 0.2) is 5.82 Å². The van der Waals surface area contributed by atoms with E-state index in [9.17, 15) is 4.79 Å². The van der Waals surface area contributed by atoms with Crippen LogP contribution in [0.1, 0.15) is 58.6 Å². The Kier molecular flexibility index (Phi) is 3.35. The molecule has 2 aliphatic carbocycles. The monoisotopic (exact) mass is 276 g/mol. The first-order valence-corrected chi connectivity index (χ1v) is 7.69. The molecule has 20 heavy (non-hydrogen) atoms. The standard InChI is InChI=1S/C16H24N2O2/c1-16(2,3)13-9-14(18-20-13)17-15(19)8-12-7-10-4-5-11(12)6-10/h9-12H,4-8H2,1-3H3,(H,17,18,19). The molecule has 2 fully saturated rings. The van der Waals surface area contributed by atoms with Crippen LogP contribution in [0.5, 0.6) is 0 Å². The number of amides is 1. The summed E-state index contributed by atoms with van der Waals surface area (Å²) in [5, 5.41) is 6.82. The van der Waals surface area contributed by atoms with Crippen molar-refractivity contribution in [1.82, 2.24) is 5.16 Å². The second-order valence-electron chi connectivity index (χ2n) is 7.51. The fraction of sp³-hybridized carbons (Fsp3) is 0.750. The van der Waals surface area contributed by atoms with Gasteiger partial charge in [-0.3, -0.25) is 4.79 Å². The summed E-state index contributed by atoms with van der Waals surface area (Å²) in [4.78, 5) is 12.1. The maximum atomic E-state index is 12.1. The molecule has 2 bridgehead atoms. The largest absolute Gasteiger partial charge is 0.359 e. The molecule has 1 amide bonds. The van der Waals surface area contributed by atoms with Crippen LogP contribution in [-0.4, -0.2) is 11.1 Å². The molecule has 110 valence electrons. The van der Waals surface area contributed by atoms with Crippen LogP contribution >= 0.6 is 0 Å². The molecule has 4 heteroatoms. The van der Waals surface area contributed by atoms with Gasteiger partial charge in [0.25, 0.3) is 0 Å². The number of hydrogen-bond donors (Lipinski definition) is 1. The van der Waals surface area contributed by atoms with Crippen LogP contribution in [-0.2, 0) is 10.2 Å². The summed E-state index contributed by atoms with van der Waals surface area (Å²) >= 11 is 0. The molecule has 0 radical (unpaired) electrons. The highest BCUT2D eigenvalue weighted by Crippen LogP contribution is 2.49. The lowest BCUT2D eigenvalue weighted by molar-refractivity contribution is -0.117. The van der Waals surface area contributed by atoms with Crippen LogP contribution in [0.15, 0.2) is 10.6 Å². The Morgan fingerprint density at radius 1 is 1.40 bits per heavy atom. The number of nitrogens with zero attached hydrogens (tertiary/aromatic N) is 1. The third-order valence-corrected chi connectivity index (χ3v) is 4.85. The zero-order valence-corrected chi connectivity index (χ0v) is 12.6. The lowest BCUT2D eigenvalue weighted by Gasteiger charge is -2.20. The molecule has 2 aliphatic rings. The van der Waals surface area contributed by atoms with Crippen LogP contribution in [0.25, 0.3) is 0 Å². The van der Waals surface area contributed by atoms with Gasteiger partial charge in [-0.15, -0.1) is 0 Å². The number of carbonyl (C=O) groups is 1. The van der Waals surface area contributed by atoms with E-state index >= 15 is 0 Å². The third kappa shape index (κ3) is 2.74. The average Bonchev–Trinajstić information content (AvgIpc) is 3.02. The van der Waals surface area contributed by atoms with Crippen molar-refractivity contribution in [3.05, 3.63) is 11.8 Å². The molecule has 1 N–H and O–H groups in total. The third-order valence-electron chi connectivity index (χ3n) is 4.85. The highest BCUT2D eigenvalue weighted by molar-refractivity contribution is 5.89. The van der Waals surface area contributed by atoms with Crippen LogP contribution in [0.2, 0.25) is 0 Å². The Balaban J connectivity index is 1.55. The Bertz CT molecular complexity index is 501. The maximum Gasteiger partial charge on any atom is 0.225 e. The van der Waals surface area contributed by atoms with Crippen LogP contribution in [0, 0.1) is 17.8 Å². The Hall–Kier alpha value is -1.32. The molecule has 0 saturated heterocycles. The van der Waals surface area contributed by atoms with E-state index in [1.54, 1.807) is 0 Å². The molecule has 4 nitrogen and oxygen atoms in total. The topological polar surface area (TPSA) is 55.1 Å². The molecular formula is C16H24N2O2. The van der Waals surface area contributed by atoms with E-state index < -0.39 is 0 Å². The zero-order valence-electron chi connectivity index (χ0n) is 12.6. The zero-order chi connectivity index (χ0) is 14.3. The number of aromatic nitrogens is 1. The van der Waals surface area contributed by atoms with Crippen molar-refractivity contribution >= 4 is 11.7 Å². The van der Waals surface area contributed by atoms with Crippen molar-refractivity contribution in [3.63, 3.8) is 0 Å². The van der Waals surface area contributed by atoms with E-state index in [0.29, 0.717) is 18.2 Å². The molecule has 0 aliphatic heterocycles. The van der Waals surface area contributed by atoms with Gasteiger partial charge in [0, 0.05) is 17.9 Å². The molecule has 2 saturated carbocycles. The fourth-order valence-corrected chi connectivity index (χ4v) is 3.75. The van der Waals surface area contributed by atoms with Crippen LogP contribution in [0.3, 0.4) is 0 Å². The van der Waals surface area contributed by atoms with Gasteiger partial charge in [-0.2, -0.15) is 0 Å². The van der Waals surface area contributed by atoms with E-state index in [-0.39, 0.29) is 11.3 Å². The summed E-state index contributed by atoms with van der Waals surface area (Å²) < 4.78 is 5.28. The van der Waals surface area contributed by atoms with Gasteiger partial charge in [0.05, 0.1) is 0 Å². The summed E-state index contributed by atoms with van der Waals surface area (Å²) in [7, 11) is 0. The highest BCUT2D eigenvalue weighted by atomic mass is 16.5. The van der Waals surface area contributed by atoms with Crippen LogP contribution < -0.4 is 5.32 Å². The van der Waals surface area contributed by atoms with Crippen molar-refractivity contribution < 1.29 is 9.32 Å². The lowest BCUT2D eigenvalue weighted by Crippen LogP contribution is -2.20. The minimum absolute atomic E-state index is 0.0799. The average molecular weight is 276 g/mol. The van der Waals surface area contributed by atoms with Crippen LogP contribution in [0.4, 0.5) is 5.82 Å². The first kappa shape index (κ1) is 13.7. The Morgan fingerprint density at radius 3 is 2.75 bits per heavy atom. The fourth-order valence-electron chi connectivity index (χ4n) is 3.75. The minimum atomic E-state index is -0.0828. The predicted octanol–water partition coefficient (Wildman–Crippen LogP) is 3.74. The van der Waals surface area contributed by atoms with Gasteiger partial charge < -0.3 is 9.84 Å². The summed E-state index contributed by atoms with van der Waals surface area (Å²) in [6.07, 6.45) is 5.92. The van der Waals surface area contributed by atoms with Gasteiger partial charge in [-0.05, 0) is 37.0 Å². The second kappa shape index (κ2) is 4.90. The number of carbonyl (C=O) groups excluding carboxylic acids is 1. The second-order valence-corrected chi connectivity index (χ2v) is 7.51. The van der Waals surface area contributed by atoms with E-state index in [4.69, 9.17) is 4.52 Å². The van der Waals surface area contributed by atoms with E-state index in [1.165, 1.54) is 25.7 Å². The summed E-state index contributed by atoms with van der Waals surface area (Å²) in [6, 6.07) is 1.83. The number of nitrogens with one attached hydrogen (secondary N) is 1. The van der Waals surface area contributed by atoms with Crippen molar-refractivity contribution in [3.8, 4) is 0 Å². The smallest absolute Gasteiger partial charge is 0.225 e. The maximum absolute atomic E-state index is 12.1. The van der Waals surface area contributed by atoms with Gasteiger partial charge in [-0.25, -0.2) is 0 Å². The molecular weight excluding hydrogens is 252 g/mol. The molecule has 0 aromatic carbocycles. The Morgan fingerprint density at radius 2 is 2.20 bits per heavy atom. The lowest BCUT2D eigenvalue weighted by atomic mass is 9.86. The molecule has 1 aromatic heterocycles. The highest BCUT2D eigenvalue weighted by Gasteiger charge is 2.40. The van der Waals surface area contributed by atoms with Gasteiger partial charge >= 0.3 is 0 Å². The number of rotatable bonds is 3. The van der Waals surface area contributed by atoms with Crippen molar-refractivity contribution in [2.75, 3.05) is 5.32 Å². The van der Waals surface area contributed by atoms with Crippen molar-refractivity contribution in [2.45, 2.75) is 58.3 Å². The molecule has 0 spiro atoms. The van der Waals surface area contributed by atoms with E-state index in [0.717, 1.165) is 17.6 Å². The first-order chi connectivity index (χ1) is 9.41. The molecule has 3 rings (SSSR count). The van der Waals surface area contributed by atoms with Gasteiger partial charge in [0.1, 0.15) is 5.76 Å². The molecule has 1 aromatic rings. The quantitative estimate of drug-likeness (QED) is 0.915. The van der Waals surface area contributed by atoms with Crippen molar-refractivity contribution in [2.24, 2.45) is 17.8 Å². The Labute approximate surface area is 120 Å². The predicted molar refractivity (Wildman–Crippen MR) is 77.4 cm³/mol. The van der Waals surface area contributed by atoms with Gasteiger partial charge in [0.2, 0.25) is 5.91 Å².